The molecular weight excluding hydrogens is 248 g/mol. The molecule has 20 heavy (non-hydrogen) atoms. The van der Waals surface area contributed by atoms with E-state index in [1.807, 2.05) is 0 Å². The van der Waals surface area contributed by atoms with Crippen LogP contribution in [-0.4, -0.2) is 38.2 Å². The summed E-state index contributed by atoms with van der Waals surface area (Å²) < 4.78 is 5.94. The van der Waals surface area contributed by atoms with Crippen molar-refractivity contribution in [3.63, 3.8) is 0 Å². The zero-order valence-corrected chi connectivity index (χ0v) is 12.9. The van der Waals surface area contributed by atoms with Gasteiger partial charge in [0, 0.05) is 17.5 Å². The number of rotatable bonds is 4. The first kappa shape index (κ1) is 13.9. The molecule has 1 atom stereocenters. The Morgan fingerprint density at radius 3 is 2.65 bits per heavy atom. The van der Waals surface area contributed by atoms with Crippen LogP contribution in [0.3, 0.4) is 0 Å². The van der Waals surface area contributed by atoms with Crippen molar-refractivity contribution in [3.05, 3.63) is 29.3 Å². The molecule has 0 radical (unpaired) electrons. The van der Waals surface area contributed by atoms with E-state index in [2.05, 4.69) is 49.6 Å². The molecule has 0 spiro atoms. The summed E-state index contributed by atoms with van der Waals surface area (Å²) in [5.74, 6) is 1.14. The third-order valence-electron chi connectivity index (χ3n) is 5.24. The van der Waals surface area contributed by atoms with Crippen molar-refractivity contribution in [1.82, 2.24) is 10.2 Å². The van der Waals surface area contributed by atoms with Crippen LogP contribution in [0, 0.1) is 0 Å². The molecular formula is C17H26N2O. The highest BCUT2D eigenvalue weighted by Gasteiger charge is 2.44. The van der Waals surface area contributed by atoms with Gasteiger partial charge in [-0.25, -0.2) is 0 Å². The molecule has 1 aliphatic carbocycles. The van der Waals surface area contributed by atoms with Gasteiger partial charge in [-0.2, -0.15) is 0 Å². The van der Waals surface area contributed by atoms with Gasteiger partial charge >= 0.3 is 0 Å². The minimum Gasteiger partial charge on any atom is -0.493 e. The van der Waals surface area contributed by atoms with Gasteiger partial charge in [-0.05, 0) is 39.5 Å². The molecule has 110 valence electrons. The van der Waals surface area contributed by atoms with Gasteiger partial charge in [0.1, 0.15) is 5.75 Å². The summed E-state index contributed by atoms with van der Waals surface area (Å²) in [6, 6.07) is 6.98. The maximum atomic E-state index is 5.94. The van der Waals surface area contributed by atoms with Gasteiger partial charge in [0.2, 0.25) is 0 Å². The molecule has 1 aliphatic heterocycles. The average Bonchev–Trinajstić information content (AvgIpc) is 3.09. The molecule has 0 aromatic heterocycles. The van der Waals surface area contributed by atoms with E-state index in [0.717, 1.165) is 18.8 Å². The van der Waals surface area contributed by atoms with E-state index in [1.54, 1.807) is 0 Å². The Balaban J connectivity index is 2.04. The number of hydrogen-bond donors (Lipinski definition) is 1. The smallest absolute Gasteiger partial charge is 0.127 e. The van der Waals surface area contributed by atoms with Crippen LogP contribution in [0.5, 0.6) is 5.75 Å². The summed E-state index contributed by atoms with van der Waals surface area (Å²) in [7, 11) is 6.53. The minimum absolute atomic E-state index is 0.218. The van der Waals surface area contributed by atoms with Crippen molar-refractivity contribution in [2.75, 3.05) is 27.7 Å². The predicted molar refractivity (Wildman–Crippen MR) is 82.3 cm³/mol. The van der Waals surface area contributed by atoms with Crippen molar-refractivity contribution in [2.24, 2.45) is 0 Å². The molecule has 2 aliphatic rings. The van der Waals surface area contributed by atoms with Crippen LogP contribution in [0.15, 0.2) is 18.2 Å². The average molecular weight is 274 g/mol. The number of likely N-dealkylation sites (N-methyl/N-ethyl adjacent to an activating group) is 2. The summed E-state index contributed by atoms with van der Waals surface area (Å²) in [6.07, 6.45) is 6.22. The number of ether oxygens (including phenoxy) is 1. The summed E-state index contributed by atoms with van der Waals surface area (Å²) >= 11 is 0. The molecule has 1 saturated carbocycles. The molecule has 3 rings (SSSR count). The van der Waals surface area contributed by atoms with E-state index in [4.69, 9.17) is 4.74 Å². The van der Waals surface area contributed by atoms with Gasteiger partial charge in [-0.1, -0.05) is 31.0 Å². The molecule has 0 bridgehead atoms. The van der Waals surface area contributed by atoms with Crippen molar-refractivity contribution >= 4 is 0 Å². The molecule has 3 heteroatoms. The SMILES string of the molecule is CNC(c1cccc2c1OCC2)C1(N(C)C)CCCC1. The van der Waals surface area contributed by atoms with E-state index in [-0.39, 0.29) is 5.54 Å². The molecule has 1 heterocycles. The largest absolute Gasteiger partial charge is 0.493 e. The Labute approximate surface area is 122 Å². The van der Waals surface area contributed by atoms with Gasteiger partial charge in [0.05, 0.1) is 12.6 Å². The van der Waals surface area contributed by atoms with Crippen molar-refractivity contribution < 1.29 is 4.74 Å². The summed E-state index contributed by atoms with van der Waals surface area (Å²) in [5.41, 5.74) is 2.93. The molecule has 0 saturated heterocycles. The lowest BCUT2D eigenvalue weighted by atomic mass is 9.81. The van der Waals surface area contributed by atoms with Crippen LogP contribution >= 0.6 is 0 Å². The topological polar surface area (TPSA) is 24.5 Å². The Morgan fingerprint density at radius 1 is 1.25 bits per heavy atom. The van der Waals surface area contributed by atoms with Crippen LogP contribution < -0.4 is 10.1 Å². The first-order valence-corrected chi connectivity index (χ1v) is 7.78. The number of para-hydroxylation sites is 1. The molecule has 1 unspecified atom stereocenters. The molecule has 1 aromatic carbocycles. The molecule has 1 aromatic rings. The fourth-order valence-corrected chi connectivity index (χ4v) is 4.16. The molecule has 0 amide bonds. The van der Waals surface area contributed by atoms with Gasteiger partial charge in [-0.3, -0.25) is 0 Å². The zero-order chi connectivity index (χ0) is 14.2. The van der Waals surface area contributed by atoms with Gasteiger partial charge in [0.15, 0.2) is 0 Å². The third-order valence-corrected chi connectivity index (χ3v) is 5.24. The predicted octanol–water partition coefficient (Wildman–Crippen LogP) is 2.76. The minimum atomic E-state index is 0.218. The second-order valence-corrected chi connectivity index (χ2v) is 6.36. The van der Waals surface area contributed by atoms with E-state index in [1.165, 1.54) is 36.8 Å². The fourth-order valence-electron chi connectivity index (χ4n) is 4.16. The van der Waals surface area contributed by atoms with Gasteiger partial charge in [-0.15, -0.1) is 0 Å². The normalized spacial score (nSPS) is 21.8. The zero-order valence-electron chi connectivity index (χ0n) is 12.9. The van der Waals surface area contributed by atoms with Gasteiger partial charge in [0.25, 0.3) is 0 Å². The monoisotopic (exact) mass is 274 g/mol. The Morgan fingerprint density at radius 2 is 2.00 bits per heavy atom. The van der Waals surface area contributed by atoms with Crippen LogP contribution in [0.25, 0.3) is 0 Å². The first-order valence-electron chi connectivity index (χ1n) is 7.78. The number of nitrogens with one attached hydrogen (secondary N) is 1. The Kier molecular flexibility index (Phi) is 3.74. The number of nitrogens with zero attached hydrogens (tertiary/aromatic N) is 1. The second-order valence-electron chi connectivity index (χ2n) is 6.36. The maximum Gasteiger partial charge on any atom is 0.127 e. The molecule has 1 fully saturated rings. The Bertz CT molecular complexity index is 478. The van der Waals surface area contributed by atoms with E-state index in [0.29, 0.717) is 6.04 Å². The lowest BCUT2D eigenvalue weighted by molar-refractivity contribution is 0.107. The number of hydrogen-bond acceptors (Lipinski definition) is 3. The number of benzene rings is 1. The fraction of sp³-hybridized carbons (Fsp3) is 0.647. The van der Waals surface area contributed by atoms with Gasteiger partial charge < -0.3 is 15.0 Å². The van der Waals surface area contributed by atoms with Crippen LogP contribution in [0.1, 0.15) is 42.9 Å². The van der Waals surface area contributed by atoms with E-state index < -0.39 is 0 Å². The highest BCUT2D eigenvalue weighted by atomic mass is 16.5. The standard InChI is InChI=1S/C17H26N2O/c1-18-16(17(19(2)3)10-4-5-11-17)14-8-6-7-13-9-12-20-15(13)14/h6-8,16,18H,4-5,9-12H2,1-3H3. The summed E-state index contributed by atoms with van der Waals surface area (Å²) in [5, 5.41) is 3.59. The van der Waals surface area contributed by atoms with Crippen LogP contribution in [0.2, 0.25) is 0 Å². The van der Waals surface area contributed by atoms with Crippen molar-refractivity contribution in [2.45, 2.75) is 43.7 Å². The quantitative estimate of drug-likeness (QED) is 0.913. The first-order chi connectivity index (χ1) is 9.69. The second kappa shape index (κ2) is 5.38. The summed E-state index contributed by atoms with van der Waals surface area (Å²) in [4.78, 5) is 2.43. The summed E-state index contributed by atoms with van der Waals surface area (Å²) in [6.45, 7) is 0.831. The molecule has 3 nitrogen and oxygen atoms in total. The highest BCUT2D eigenvalue weighted by Crippen LogP contribution is 2.46. The van der Waals surface area contributed by atoms with Crippen LogP contribution in [-0.2, 0) is 6.42 Å². The van der Waals surface area contributed by atoms with Crippen molar-refractivity contribution in [1.29, 1.82) is 0 Å². The van der Waals surface area contributed by atoms with E-state index >= 15 is 0 Å². The molecule has 1 N–H and O–H groups in total. The number of fused-ring (bicyclic) bond motifs is 1. The lowest BCUT2D eigenvalue weighted by Crippen LogP contribution is -2.51. The maximum absolute atomic E-state index is 5.94. The lowest BCUT2D eigenvalue weighted by Gasteiger charge is -2.43. The highest BCUT2D eigenvalue weighted by molar-refractivity contribution is 5.47. The van der Waals surface area contributed by atoms with Crippen LogP contribution in [0.4, 0.5) is 0 Å². The third kappa shape index (κ3) is 2.04. The van der Waals surface area contributed by atoms with Crippen molar-refractivity contribution in [3.8, 4) is 5.75 Å². The van der Waals surface area contributed by atoms with E-state index in [9.17, 15) is 0 Å². The Hall–Kier alpha value is -1.06.